The fraction of sp³-hybridized carbons (Fsp3) is 0.500. The SMILES string of the molecule is CCc1cc(C)nc2ccc(C3CCCCC3)cc12. The molecule has 1 aromatic heterocycles. The van der Waals surface area contributed by atoms with Crippen LogP contribution >= 0.6 is 0 Å². The van der Waals surface area contributed by atoms with E-state index in [0.717, 1.165) is 23.5 Å². The van der Waals surface area contributed by atoms with Crippen molar-refractivity contribution in [3.8, 4) is 0 Å². The predicted molar refractivity (Wildman–Crippen MR) is 81.7 cm³/mol. The van der Waals surface area contributed by atoms with Crippen LogP contribution in [0.15, 0.2) is 24.3 Å². The molecule has 0 aliphatic heterocycles. The fourth-order valence-electron chi connectivity index (χ4n) is 3.44. The largest absolute Gasteiger partial charge is 0.253 e. The van der Waals surface area contributed by atoms with Gasteiger partial charge in [0.05, 0.1) is 5.52 Å². The third-order valence-electron chi connectivity index (χ3n) is 4.50. The lowest BCUT2D eigenvalue weighted by Gasteiger charge is -2.22. The number of fused-ring (bicyclic) bond motifs is 1. The van der Waals surface area contributed by atoms with Gasteiger partial charge in [-0.05, 0) is 61.4 Å². The number of hydrogen-bond acceptors (Lipinski definition) is 1. The van der Waals surface area contributed by atoms with Crippen LogP contribution in [-0.4, -0.2) is 4.98 Å². The van der Waals surface area contributed by atoms with Gasteiger partial charge >= 0.3 is 0 Å². The normalized spacial score (nSPS) is 16.9. The Labute approximate surface area is 116 Å². The molecule has 1 heteroatoms. The van der Waals surface area contributed by atoms with Crippen molar-refractivity contribution in [2.45, 2.75) is 58.3 Å². The van der Waals surface area contributed by atoms with Gasteiger partial charge in [-0.15, -0.1) is 0 Å². The molecule has 19 heavy (non-hydrogen) atoms. The molecule has 0 atom stereocenters. The van der Waals surface area contributed by atoms with Gasteiger partial charge in [0, 0.05) is 11.1 Å². The first kappa shape index (κ1) is 12.7. The van der Waals surface area contributed by atoms with Crippen molar-refractivity contribution in [2.24, 2.45) is 0 Å². The molecule has 0 amide bonds. The summed E-state index contributed by atoms with van der Waals surface area (Å²) in [5.74, 6) is 0.782. The Balaban J connectivity index is 2.06. The second-order valence-corrected chi connectivity index (χ2v) is 5.89. The molecule has 1 saturated carbocycles. The first-order valence-electron chi connectivity index (χ1n) is 7.68. The van der Waals surface area contributed by atoms with Crippen LogP contribution in [0.2, 0.25) is 0 Å². The lowest BCUT2D eigenvalue weighted by molar-refractivity contribution is 0.444. The highest BCUT2D eigenvalue weighted by Crippen LogP contribution is 2.34. The summed E-state index contributed by atoms with van der Waals surface area (Å²) in [5.41, 5.74) is 5.28. The summed E-state index contributed by atoms with van der Waals surface area (Å²) in [4.78, 5) is 4.67. The van der Waals surface area contributed by atoms with Crippen LogP contribution in [-0.2, 0) is 6.42 Å². The van der Waals surface area contributed by atoms with Crippen LogP contribution in [0.4, 0.5) is 0 Å². The van der Waals surface area contributed by atoms with Crippen molar-refractivity contribution in [3.63, 3.8) is 0 Å². The molecular formula is C18H23N. The Bertz CT molecular complexity index is 580. The van der Waals surface area contributed by atoms with E-state index in [-0.39, 0.29) is 0 Å². The van der Waals surface area contributed by atoms with Crippen molar-refractivity contribution in [1.82, 2.24) is 4.98 Å². The van der Waals surface area contributed by atoms with Crippen molar-refractivity contribution < 1.29 is 0 Å². The summed E-state index contributed by atoms with van der Waals surface area (Å²) in [6.45, 7) is 4.33. The van der Waals surface area contributed by atoms with Gasteiger partial charge in [-0.3, -0.25) is 4.98 Å². The molecule has 0 saturated heterocycles. The first-order chi connectivity index (χ1) is 9.28. The van der Waals surface area contributed by atoms with E-state index < -0.39 is 0 Å². The highest BCUT2D eigenvalue weighted by atomic mass is 14.7. The summed E-state index contributed by atoms with van der Waals surface area (Å²) in [6.07, 6.45) is 8.04. The zero-order valence-corrected chi connectivity index (χ0v) is 12.1. The van der Waals surface area contributed by atoms with Crippen LogP contribution in [0.5, 0.6) is 0 Å². The lowest BCUT2D eigenvalue weighted by atomic mass is 9.83. The van der Waals surface area contributed by atoms with Crippen LogP contribution in [0.25, 0.3) is 10.9 Å². The second-order valence-electron chi connectivity index (χ2n) is 5.89. The monoisotopic (exact) mass is 253 g/mol. The van der Waals surface area contributed by atoms with Gasteiger partial charge in [0.15, 0.2) is 0 Å². The van der Waals surface area contributed by atoms with Crippen molar-refractivity contribution in [2.75, 3.05) is 0 Å². The van der Waals surface area contributed by atoms with Gasteiger partial charge in [-0.1, -0.05) is 32.3 Å². The van der Waals surface area contributed by atoms with Gasteiger partial charge in [0.1, 0.15) is 0 Å². The molecular weight excluding hydrogens is 230 g/mol. The quantitative estimate of drug-likeness (QED) is 0.721. The van der Waals surface area contributed by atoms with Gasteiger partial charge in [-0.2, -0.15) is 0 Å². The van der Waals surface area contributed by atoms with Gasteiger partial charge in [0.2, 0.25) is 0 Å². The molecule has 1 heterocycles. The van der Waals surface area contributed by atoms with E-state index in [1.54, 1.807) is 0 Å². The average Bonchev–Trinajstić information content (AvgIpc) is 2.46. The Morgan fingerprint density at radius 3 is 2.63 bits per heavy atom. The maximum atomic E-state index is 4.67. The van der Waals surface area contributed by atoms with Crippen molar-refractivity contribution >= 4 is 10.9 Å². The van der Waals surface area contributed by atoms with E-state index in [1.807, 2.05) is 0 Å². The third kappa shape index (κ3) is 2.51. The standard InChI is InChI=1S/C18H23N/c1-3-14-11-13(2)19-18-10-9-16(12-17(14)18)15-7-5-4-6-8-15/h9-12,15H,3-8H2,1-2H3. The molecule has 0 radical (unpaired) electrons. The zero-order chi connectivity index (χ0) is 13.2. The van der Waals surface area contributed by atoms with E-state index in [0.29, 0.717) is 0 Å². The fourth-order valence-corrected chi connectivity index (χ4v) is 3.44. The van der Waals surface area contributed by atoms with Crippen molar-refractivity contribution in [3.05, 3.63) is 41.1 Å². The summed E-state index contributed by atoms with van der Waals surface area (Å²) in [7, 11) is 0. The minimum Gasteiger partial charge on any atom is -0.253 e. The highest BCUT2D eigenvalue weighted by molar-refractivity contribution is 5.83. The topological polar surface area (TPSA) is 12.9 Å². The molecule has 0 N–H and O–H groups in total. The summed E-state index contributed by atoms with van der Waals surface area (Å²) in [5, 5.41) is 1.37. The first-order valence-corrected chi connectivity index (χ1v) is 7.68. The molecule has 0 bridgehead atoms. The number of hydrogen-bond donors (Lipinski definition) is 0. The number of benzene rings is 1. The summed E-state index contributed by atoms with van der Waals surface area (Å²) in [6, 6.07) is 9.19. The van der Waals surface area contributed by atoms with Crippen LogP contribution in [0, 0.1) is 6.92 Å². The van der Waals surface area contributed by atoms with E-state index >= 15 is 0 Å². The van der Waals surface area contributed by atoms with E-state index in [9.17, 15) is 0 Å². The second kappa shape index (κ2) is 5.32. The molecule has 1 aliphatic rings. The van der Waals surface area contributed by atoms with Crippen LogP contribution in [0.1, 0.15) is 61.8 Å². The van der Waals surface area contributed by atoms with Crippen LogP contribution < -0.4 is 0 Å². The third-order valence-corrected chi connectivity index (χ3v) is 4.50. The Morgan fingerprint density at radius 2 is 1.89 bits per heavy atom. The van der Waals surface area contributed by atoms with Gasteiger partial charge in [-0.25, -0.2) is 0 Å². The van der Waals surface area contributed by atoms with Gasteiger partial charge < -0.3 is 0 Å². The maximum absolute atomic E-state index is 4.67. The van der Waals surface area contributed by atoms with Crippen LogP contribution in [0.3, 0.4) is 0 Å². The molecule has 0 spiro atoms. The Hall–Kier alpha value is -1.37. The lowest BCUT2D eigenvalue weighted by Crippen LogP contribution is -2.04. The smallest absolute Gasteiger partial charge is 0.0708 e. The van der Waals surface area contributed by atoms with E-state index in [2.05, 4.69) is 43.1 Å². The minimum atomic E-state index is 0.782. The zero-order valence-electron chi connectivity index (χ0n) is 12.1. The Kier molecular flexibility index (Phi) is 3.54. The predicted octanol–water partition coefficient (Wildman–Crippen LogP) is 5.15. The molecule has 100 valence electrons. The maximum Gasteiger partial charge on any atom is 0.0708 e. The highest BCUT2D eigenvalue weighted by Gasteiger charge is 2.16. The molecule has 3 rings (SSSR count). The van der Waals surface area contributed by atoms with E-state index in [4.69, 9.17) is 0 Å². The van der Waals surface area contributed by atoms with E-state index in [1.165, 1.54) is 48.6 Å². The Morgan fingerprint density at radius 1 is 1.11 bits per heavy atom. The number of aryl methyl sites for hydroxylation is 2. The van der Waals surface area contributed by atoms with Gasteiger partial charge in [0.25, 0.3) is 0 Å². The molecule has 0 unspecified atom stereocenters. The molecule has 1 nitrogen and oxygen atoms in total. The number of aromatic nitrogens is 1. The average molecular weight is 253 g/mol. The molecule has 1 aliphatic carbocycles. The number of nitrogens with zero attached hydrogens (tertiary/aromatic N) is 1. The summed E-state index contributed by atoms with van der Waals surface area (Å²) >= 11 is 0. The molecule has 1 fully saturated rings. The number of rotatable bonds is 2. The molecule has 1 aromatic carbocycles. The molecule has 2 aromatic rings. The number of pyridine rings is 1. The van der Waals surface area contributed by atoms with Crippen molar-refractivity contribution in [1.29, 1.82) is 0 Å². The summed E-state index contributed by atoms with van der Waals surface area (Å²) < 4.78 is 0. The minimum absolute atomic E-state index is 0.782.